The highest BCUT2D eigenvalue weighted by Gasteiger charge is 2.25. The molecule has 0 spiro atoms. The molecule has 7 nitrogen and oxygen atoms in total. The van der Waals surface area contributed by atoms with Crippen molar-refractivity contribution in [2.45, 2.75) is 63.8 Å². The summed E-state index contributed by atoms with van der Waals surface area (Å²) in [6, 6.07) is 10.1. The molecule has 2 aliphatic rings. The summed E-state index contributed by atoms with van der Waals surface area (Å²) in [6.45, 7) is 1.64. The molecule has 2 aromatic rings. The van der Waals surface area contributed by atoms with Crippen molar-refractivity contribution in [3.05, 3.63) is 53.3 Å². The molecule has 1 aliphatic carbocycles. The van der Waals surface area contributed by atoms with E-state index < -0.39 is 5.97 Å². The number of carboxylic acid groups (broad SMARTS) is 1. The van der Waals surface area contributed by atoms with E-state index in [9.17, 15) is 19.1 Å². The van der Waals surface area contributed by atoms with E-state index in [0.29, 0.717) is 24.3 Å². The normalized spacial score (nSPS) is 18.8. The first-order valence-electron chi connectivity index (χ1n) is 12.6. The molecule has 0 radical (unpaired) electrons. The molecule has 1 aliphatic heterocycles. The molecule has 1 amide bonds. The lowest BCUT2D eigenvalue weighted by molar-refractivity contribution is -0.138. The van der Waals surface area contributed by atoms with Crippen LogP contribution in [0, 0.1) is 11.7 Å². The Morgan fingerprint density at radius 2 is 1.94 bits per heavy atom. The van der Waals surface area contributed by atoms with Gasteiger partial charge in [0.05, 0.1) is 6.61 Å². The van der Waals surface area contributed by atoms with Crippen molar-refractivity contribution in [1.29, 1.82) is 0 Å². The predicted octanol–water partition coefficient (Wildman–Crippen LogP) is 4.60. The lowest BCUT2D eigenvalue weighted by Crippen LogP contribution is -2.38. The fraction of sp³-hybridized carbons (Fsp3) is 0.519. The number of carbonyl (C=O) groups is 2. The van der Waals surface area contributed by atoms with Crippen LogP contribution in [-0.4, -0.2) is 47.7 Å². The van der Waals surface area contributed by atoms with E-state index in [0.717, 1.165) is 50.6 Å². The summed E-state index contributed by atoms with van der Waals surface area (Å²) in [5.74, 6) is -0.284. The van der Waals surface area contributed by atoms with Gasteiger partial charge in [0.2, 0.25) is 5.88 Å². The number of hydrogen-bond donors (Lipinski definition) is 2. The SMILES string of the molecule is O=C(O)C[C@@H]1CCCN(c2ccc(C(=O)NC3CCCCC3)c(OCCc3cccc(F)c3)n2)C1. The Kier molecular flexibility index (Phi) is 8.55. The fourth-order valence-corrected chi connectivity index (χ4v) is 5.04. The summed E-state index contributed by atoms with van der Waals surface area (Å²) in [7, 11) is 0. The number of nitrogens with zero attached hydrogens (tertiary/aromatic N) is 2. The lowest BCUT2D eigenvalue weighted by atomic mass is 9.95. The Morgan fingerprint density at radius 1 is 1.11 bits per heavy atom. The second kappa shape index (κ2) is 12.0. The zero-order valence-corrected chi connectivity index (χ0v) is 20.0. The maximum Gasteiger partial charge on any atom is 0.303 e. The van der Waals surface area contributed by atoms with E-state index in [4.69, 9.17) is 9.72 Å². The summed E-state index contributed by atoms with van der Waals surface area (Å²) in [6.07, 6.45) is 7.78. The first kappa shape index (κ1) is 24.9. The van der Waals surface area contributed by atoms with E-state index in [1.807, 2.05) is 12.1 Å². The number of benzene rings is 1. The first-order chi connectivity index (χ1) is 17.0. The average molecular weight is 484 g/mol. The zero-order valence-electron chi connectivity index (χ0n) is 20.0. The molecular weight excluding hydrogens is 449 g/mol. The number of piperidine rings is 1. The number of halogens is 1. The third-order valence-electron chi connectivity index (χ3n) is 6.86. The van der Waals surface area contributed by atoms with E-state index in [1.54, 1.807) is 12.1 Å². The van der Waals surface area contributed by atoms with Crippen LogP contribution in [0.2, 0.25) is 0 Å². The largest absolute Gasteiger partial charge is 0.481 e. The summed E-state index contributed by atoms with van der Waals surface area (Å²) < 4.78 is 19.5. The van der Waals surface area contributed by atoms with Gasteiger partial charge in [0, 0.05) is 32.0 Å². The number of ether oxygens (including phenoxy) is 1. The minimum absolute atomic E-state index is 0.0645. The Hall–Kier alpha value is -3.16. The standard InChI is InChI=1S/C27H34FN3O4/c28-21-8-4-6-19(16-21)13-15-35-27-23(26(34)29-22-9-2-1-3-10-22)11-12-24(30-27)31-14-5-7-20(18-31)17-25(32)33/h4,6,8,11-12,16,20,22H,1-3,5,7,9-10,13-15,17-18H2,(H,29,34)(H,32,33)/t20-/m0/s1. The molecule has 188 valence electrons. The molecule has 2 N–H and O–H groups in total. The fourth-order valence-electron chi connectivity index (χ4n) is 5.04. The summed E-state index contributed by atoms with van der Waals surface area (Å²) in [5, 5.41) is 12.3. The molecule has 4 rings (SSSR count). The Balaban J connectivity index is 1.50. The van der Waals surface area contributed by atoms with E-state index in [1.165, 1.54) is 18.6 Å². The van der Waals surface area contributed by atoms with Crippen LogP contribution in [0.3, 0.4) is 0 Å². The van der Waals surface area contributed by atoms with Gasteiger partial charge in [-0.2, -0.15) is 4.98 Å². The van der Waals surface area contributed by atoms with Gasteiger partial charge >= 0.3 is 5.97 Å². The zero-order chi connectivity index (χ0) is 24.6. The number of aliphatic carboxylic acids is 1. The molecule has 8 heteroatoms. The van der Waals surface area contributed by atoms with Crippen LogP contribution in [0.15, 0.2) is 36.4 Å². The van der Waals surface area contributed by atoms with E-state index in [-0.39, 0.29) is 42.6 Å². The Bertz CT molecular complexity index is 1030. The number of amides is 1. The topological polar surface area (TPSA) is 91.8 Å². The Morgan fingerprint density at radius 3 is 2.71 bits per heavy atom. The van der Waals surface area contributed by atoms with Crippen LogP contribution in [0.5, 0.6) is 5.88 Å². The van der Waals surface area contributed by atoms with Gasteiger partial charge < -0.3 is 20.1 Å². The number of pyridine rings is 1. The van der Waals surface area contributed by atoms with Crippen LogP contribution < -0.4 is 15.0 Å². The molecule has 1 saturated carbocycles. The molecule has 0 unspecified atom stereocenters. The van der Waals surface area contributed by atoms with Gasteiger partial charge in [-0.1, -0.05) is 31.4 Å². The van der Waals surface area contributed by atoms with Gasteiger partial charge in [-0.3, -0.25) is 9.59 Å². The number of nitrogens with one attached hydrogen (secondary N) is 1. The molecule has 2 heterocycles. The summed E-state index contributed by atoms with van der Waals surface area (Å²) in [4.78, 5) is 31.1. The average Bonchev–Trinajstić information content (AvgIpc) is 2.84. The minimum atomic E-state index is -0.791. The third-order valence-corrected chi connectivity index (χ3v) is 6.86. The van der Waals surface area contributed by atoms with Crippen LogP contribution in [0.4, 0.5) is 10.2 Å². The number of rotatable bonds is 9. The van der Waals surface area contributed by atoms with Crippen LogP contribution in [0.1, 0.15) is 67.3 Å². The van der Waals surface area contributed by atoms with Crippen molar-refractivity contribution < 1.29 is 23.8 Å². The highest BCUT2D eigenvalue weighted by atomic mass is 19.1. The van der Waals surface area contributed by atoms with Crippen molar-refractivity contribution in [3.63, 3.8) is 0 Å². The smallest absolute Gasteiger partial charge is 0.303 e. The predicted molar refractivity (Wildman–Crippen MR) is 131 cm³/mol. The van der Waals surface area contributed by atoms with Gasteiger partial charge in [0.25, 0.3) is 5.91 Å². The van der Waals surface area contributed by atoms with Crippen LogP contribution in [0.25, 0.3) is 0 Å². The van der Waals surface area contributed by atoms with Gasteiger partial charge in [-0.15, -0.1) is 0 Å². The second-order valence-electron chi connectivity index (χ2n) is 9.61. The van der Waals surface area contributed by atoms with E-state index >= 15 is 0 Å². The summed E-state index contributed by atoms with van der Waals surface area (Å²) >= 11 is 0. The third kappa shape index (κ3) is 7.16. The maximum atomic E-state index is 13.5. The molecule has 2 fully saturated rings. The molecule has 1 aromatic heterocycles. The van der Waals surface area contributed by atoms with Crippen molar-refractivity contribution in [1.82, 2.24) is 10.3 Å². The number of carbonyl (C=O) groups excluding carboxylic acids is 1. The molecule has 1 saturated heterocycles. The number of anilines is 1. The highest BCUT2D eigenvalue weighted by molar-refractivity contribution is 5.96. The molecule has 1 atom stereocenters. The van der Waals surface area contributed by atoms with Crippen molar-refractivity contribution in [2.75, 3.05) is 24.6 Å². The number of aromatic nitrogens is 1. The monoisotopic (exact) mass is 483 g/mol. The van der Waals surface area contributed by atoms with Gasteiger partial charge in [0.1, 0.15) is 17.2 Å². The van der Waals surface area contributed by atoms with Crippen molar-refractivity contribution in [3.8, 4) is 5.88 Å². The summed E-state index contributed by atoms with van der Waals surface area (Å²) in [5.41, 5.74) is 1.19. The highest BCUT2D eigenvalue weighted by Crippen LogP contribution is 2.28. The number of hydrogen-bond acceptors (Lipinski definition) is 5. The number of carboxylic acids is 1. The maximum absolute atomic E-state index is 13.5. The van der Waals surface area contributed by atoms with Crippen molar-refractivity contribution >= 4 is 17.7 Å². The van der Waals surface area contributed by atoms with Gasteiger partial charge in [-0.25, -0.2) is 4.39 Å². The molecule has 0 bridgehead atoms. The minimum Gasteiger partial charge on any atom is -0.481 e. The Labute approximate surface area is 205 Å². The van der Waals surface area contributed by atoms with Gasteiger partial charge in [0.15, 0.2) is 0 Å². The van der Waals surface area contributed by atoms with Crippen LogP contribution >= 0.6 is 0 Å². The van der Waals surface area contributed by atoms with E-state index in [2.05, 4.69) is 10.2 Å². The first-order valence-corrected chi connectivity index (χ1v) is 12.6. The lowest BCUT2D eigenvalue weighted by Gasteiger charge is -2.33. The molecule has 35 heavy (non-hydrogen) atoms. The molecule has 1 aromatic carbocycles. The quantitative estimate of drug-likeness (QED) is 0.542. The molecular formula is C27H34FN3O4. The van der Waals surface area contributed by atoms with Crippen molar-refractivity contribution in [2.24, 2.45) is 5.92 Å². The van der Waals surface area contributed by atoms with Crippen LogP contribution in [-0.2, 0) is 11.2 Å². The second-order valence-corrected chi connectivity index (χ2v) is 9.61. The van der Waals surface area contributed by atoms with Gasteiger partial charge in [-0.05, 0) is 61.4 Å².